The Morgan fingerprint density at radius 3 is 2.51 bits per heavy atom. The number of benzene rings is 2. The molecule has 1 atom stereocenters. The number of aromatic nitrogens is 7. The van der Waals surface area contributed by atoms with Gasteiger partial charge in [-0.05, 0) is 61.2 Å². The number of aryl methyl sites for hydroxylation is 1. The zero-order valence-electron chi connectivity index (χ0n) is 27.7. The number of nitrogens with one attached hydrogen (secondary N) is 2. The van der Waals surface area contributed by atoms with Gasteiger partial charge in [-0.15, -0.1) is 0 Å². The highest BCUT2D eigenvalue weighted by Gasteiger charge is 2.40. The van der Waals surface area contributed by atoms with Crippen LogP contribution >= 0.6 is 11.6 Å². The van der Waals surface area contributed by atoms with Gasteiger partial charge in [-0.25, -0.2) is 27.2 Å². The number of alkyl halides is 3. The number of hydrogen-bond donors (Lipinski definition) is 2. The molecule has 1 aliphatic carbocycles. The predicted octanol–water partition coefficient (Wildman–Crippen LogP) is 4.77. The first-order valence-corrected chi connectivity index (χ1v) is 18.2. The van der Waals surface area contributed by atoms with Crippen molar-refractivity contribution in [2.45, 2.75) is 44.4 Å². The summed E-state index contributed by atoms with van der Waals surface area (Å²) in [6.45, 7) is -0.657. The predicted molar refractivity (Wildman–Crippen MR) is 183 cm³/mol. The molecule has 2 N–H and O–H groups in total. The van der Waals surface area contributed by atoms with Crippen molar-refractivity contribution in [1.29, 1.82) is 0 Å². The van der Waals surface area contributed by atoms with Gasteiger partial charge in [-0.3, -0.25) is 28.2 Å². The van der Waals surface area contributed by atoms with Crippen molar-refractivity contribution >= 4 is 55.3 Å². The monoisotopic (exact) mass is 775 g/mol. The van der Waals surface area contributed by atoms with Gasteiger partial charge < -0.3 is 5.32 Å². The number of nitrogens with zero attached hydrogens (tertiary/aromatic N) is 7. The Morgan fingerprint density at radius 2 is 1.81 bits per heavy atom. The fourth-order valence-corrected chi connectivity index (χ4v) is 7.44. The number of halogens is 6. The normalized spacial score (nSPS) is 13.8. The van der Waals surface area contributed by atoms with Crippen LogP contribution in [0.2, 0.25) is 5.02 Å². The molecule has 53 heavy (non-hydrogen) atoms. The molecule has 276 valence electrons. The third-order valence-corrected chi connectivity index (χ3v) is 9.57. The van der Waals surface area contributed by atoms with Gasteiger partial charge in [0.05, 0.1) is 39.3 Å². The maximum absolute atomic E-state index is 14.5. The zero-order valence-corrected chi connectivity index (χ0v) is 29.2. The first kappa shape index (κ1) is 36.0. The number of pyridine rings is 1. The molecule has 1 amide bonds. The molecule has 0 aliphatic heterocycles. The van der Waals surface area contributed by atoms with Crippen molar-refractivity contribution in [3.8, 4) is 5.69 Å². The van der Waals surface area contributed by atoms with Crippen LogP contribution in [0.3, 0.4) is 0 Å². The molecule has 0 saturated heterocycles. The summed E-state index contributed by atoms with van der Waals surface area (Å²) >= 11 is 6.55. The van der Waals surface area contributed by atoms with E-state index in [1.165, 1.54) is 42.2 Å². The van der Waals surface area contributed by atoms with Crippen molar-refractivity contribution in [3.63, 3.8) is 0 Å². The molecule has 7 rings (SSSR count). The van der Waals surface area contributed by atoms with E-state index in [9.17, 15) is 40.0 Å². The highest BCUT2D eigenvalue weighted by molar-refractivity contribution is 7.92. The van der Waals surface area contributed by atoms with E-state index >= 15 is 0 Å². The van der Waals surface area contributed by atoms with Gasteiger partial charge in [0.1, 0.15) is 24.0 Å². The van der Waals surface area contributed by atoms with Gasteiger partial charge in [0.15, 0.2) is 17.2 Å². The summed E-state index contributed by atoms with van der Waals surface area (Å²) in [7, 11) is -2.38. The summed E-state index contributed by atoms with van der Waals surface area (Å²) in [4.78, 5) is 37.1. The lowest BCUT2D eigenvalue weighted by Crippen LogP contribution is -2.38. The van der Waals surface area contributed by atoms with Gasteiger partial charge in [0, 0.05) is 37.0 Å². The number of hydrogen-bond acceptors (Lipinski definition) is 8. The van der Waals surface area contributed by atoms with Gasteiger partial charge in [0.25, 0.3) is 5.56 Å². The number of carbonyl (C=O) groups excluding carboxylic acids is 1. The second kappa shape index (κ2) is 13.2. The Morgan fingerprint density at radius 1 is 1.08 bits per heavy atom. The number of rotatable bonds is 9. The smallest absolute Gasteiger partial charge is 0.344 e. The fourth-order valence-electron chi connectivity index (χ4n) is 6.70. The minimum absolute atomic E-state index is 0.0147. The first-order chi connectivity index (χ1) is 25.0. The molecule has 20 heteroatoms. The largest absolute Gasteiger partial charge is 0.435 e. The van der Waals surface area contributed by atoms with E-state index in [-0.39, 0.29) is 80.4 Å². The van der Waals surface area contributed by atoms with Gasteiger partial charge in [-0.1, -0.05) is 11.6 Å². The second-order valence-electron chi connectivity index (χ2n) is 12.5. The van der Waals surface area contributed by atoms with Crippen molar-refractivity contribution < 1.29 is 35.2 Å². The Kier molecular flexibility index (Phi) is 8.96. The van der Waals surface area contributed by atoms with E-state index in [2.05, 4.69) is 30.2 Å². The standard InChI is InChI=1S/C33H27ClF5N9O4S/c1-46-27-24(9-8-21(34)26(27)30(44-46)45-53(2,51)52)48-31(42-29-20(32(48)50)6-4-10-40-29)22(13-16-11-17(35)14-18(36)12-16)41-25(49)15-47-23-7-3-5-19(23)28(43-47)33(37,38)39/h4,6,8-12,14,22H,3,5,7,13,15H2,1-2H3,(H,41,49)(H,44,45)/t22-/m0/s1. The molecule has 2 aromatic carbocycles. The molecule has 6 aromatic rings. The van der Waals surface area contributed by atoms with Crippen LogP contribution in [-0.4, -0.2) is 54.7 Å². The Bertz CT molecular complexity index is 2620. The van der Waals surface area contributed by atoms with Crippen LogP contribution in [0.5, 0.6) is 0 Å². The van der Waals surface area contributed by atoms with Crippen molar-refractivity contribution in [2.24, 2.45) is 7.05 Å². The van der Waals surface area contributed by atoms with Crippen LogP contribution in [0.1, 0.15) is 40.8 Å². The molecular weight excluding hydrogens is 749 g/mol. The second-order valence-corrected chi connectivity index (χ2v) is 14.7. The van der Waals surface area contributed by atoms with Crippen LogP contribution < -0.4 is 15.6 Å². The first-order valence-electron chi connectivity index (χ1n) is 15.9. The van der Waals surface area contributed by atoms with Gasteiger partial charge in [-0.2, -0.15) is 23.4 Å². The minimum atomic E-state index is -4.75. The summed E-state index contributed by atoms with van der Waals surface area (Å²) in [5.41, 5.74) is -1.29. The number of amides is 1. The lowest BCUT2D eigenvalue weighted by atomic mass is 10.0. The van der Waals surface area contributed by atoms with Crippen molar-refractivity contribution in [1.82, 2.24) is 39.4 Å². The molecule has 0 unspecified atom stereocenters. The Labute approximate surface area is 301 Å². The average Bonchev–Trinajstić information content (AvgIpc) is 3.75. The quantitative estimate of drug-likeness (QED) is 0.199. The average molecular weight is 776 g/mol. The number of carbonyl (C=O) groups is 1. The van der Waals surface area contributed by atoms with Crippen molar-refractivity contribution in [3.05, 3.63) is 104 Å². The maximum Gasteiger partial charge on any atom is 0.435 e. The van der Waals surface area contributed by atoms with Crippen LogP contribution in [0, 0.1) is 11.6 Å². The van der Waals surface area contributed by atoms with E-state index < -0.39 is 57.6 Å². The summed E-state index contributed by atoms with van der Waals surface area (Å²) in [6.07, 6.45) is -1.97. The third kappa shape index (κ3) is 6.93. The molecule has 4 aromatic heterocycles. The summed E-state index contributed by atoms with van der Waals surface area (Å²) < 4.78 is 100. The maximum atomic E-state index is 14.5. The molecule has 0 radical (unpaired) electrons. The van der Waals surface area contributed by atoms with E-state index in [0.717, 1.165) is 27.6 Å². The van der Waals surface area contributed by atoms with Crippen LogP contribution in [0.4, 0.5) is 27.8 Å². The van der Waals surface area contributed by atoms with Gasteiger partial charge in [0.2, 0.25) is 15.9 Å². The highest BCUT2D eigenvalue weighted by atomic mass is 35.5. The van der Waals surface area contributed by atoms with E-state index in [1.54, 1.807) is 0 Å². The Hall–Kier alpha value is -5.43. The SMILES string of the molecule is Cn1nc(NS(C)(=O)=O)c2c(Cl)ccc(-n3c([C@H](Cc4cc(F)cc(F)c4)NC(=O)Cn4nc(C(F)(F)F)c5c4CCC5)nc4ncccc4c3=O)c21. The topological polar surface area (TPSA) is 159 Å². The summed E-state index contributed by atoms with van der Waals surface area (Å²) in [5.74, 6) is -3.04. The summed E-state index contributed by atoms with van der Waals surface area (Å²) in [6, 6.07) is 7.10. The number of anilines is 1. The highest BCUT2D eigenvalue weighted by Crippen LogP contribution is 2.37. The summed E-state index contributed by atoms with van der Waals surface area (Å²) in [5, 5.41) is 10.9. The van der Waals surface area contributed by atoms with Crippen molar-refractivity contribution in [2.75, 3.05) is 11.0 Å². The molecule has 0 saturated carbocycles. The third-order valence-electron chi connectivity index (χ3n) is 8.69. The molecule has 13 nitrogen and oxygen atoms in total. The number of fused-ring (bicyclic) bond motifs is 3. The molecule has 0 fully saturated rings. The fraction of sp³-hybridized carbons (Fsp3) is 0.273. The minimum Gasteiger partial charge on any atom is -0.344 e. The van der Waals surface area contributed by atoms with E-state index in [1.807, 2.05) is 0 Å². The van der Waals surface area contributed by atoms with E-state index in [0.29, 0.717) is 12.5 Å². The van der Waals surface area contributed by atoms with E-state index in [4.69, 9.17) is 11.6 Å². The molecule has 4 heterocycles. The lowest BCUT2D eigenvalue weighted by molar-refractivity contribution is -0.142. The molecule has 1 aliphatic rings. The van der Waals surface area contributed by atoms with Crippen LogP contribution in [0.15, 0.2) is 53.5 Å². The zero-order chi connectivity index (χ0) is 38.0. The Balaban J connectivity index is 1.42. The number of sulfonamides is 1. The molecule has 0 spiro atoms. The lowest BCUT2D eigenvalue weighted by Gasteiger charge is -2.23. The molecule has 0 bridgehead atoms. The van der Waals surface area contributed by atoms with Crippen LogP contribution in [-0.2, 0) is 53.8 Å². The van der Waals surface area contributed by atoms with Crippen LogP contribution in [0.25, 0.3) is 27.6 Å². The van der Waals surface area contributed by atoms with Gasteiger partial charge >= 0.3 is 6.18 Å². The molecular formula is C33H27ClF5N9O4S.